The van der Waals surface area contributed by atoms with Crippen LogP contribution in [0.5, 0.6) is 11.5 Å². The van der Waals surface area contributed by atoms with Crippen LogP contribution in [-0.2, 0) is 13.1 Å². The lowest BCUT2D eigenvalue weighted by atomic mass is 10.1. The van der Waals surface area contributed by atoms with Gasteiger partial charge in [0.05, 0.1) is 55.4 Å². The third kappa shape index (κ3) is 8.35. The fourth-order valence-electron chi connectivity index (χ4n) is 3.15. The van der Waals surface area contributed by atoms with Crippen molar-refractivity contribution in [3.63, 3.8) is 0 Å². The molecule has 0 aliphatic heterocycles. The quantitative estimate of drug-likeness (QED) is 0.378. The van der Waals surface area contributed by atoms with E-state index in [-0.39, 0.29) is 11.5 Å². The highest BCUT2D eigenvalue weighted by molar-refractivity contribution is 5.84. The van der Waals surface area contributed by atoms with Crippen molar-refractivity contribution in [3.05, 3.63) is 58.7 Å². The summed E-state index contributed by atoms with van der Waals surface area (Å²) in [6, 6.07) is 11.3. The van der Waals surface area contributed by atoms with Crippen molar-refractivity contribution in [2.45, 2.75) is 13.1 Å². The van der Waals surface area contributed by atoms with Crippen LogP contribution in [0, 0.1) is 0 Å². The Kier molecular flexibility index (Phi) is 7.76. The van der Waals surface area contributed by atoms with Crippen LogP contribution in [0.1, 0.15) is 22.3 Å². The highest BCUT2D eigenvalue weighted by Crippen LogP contribution is 2.19. The zero-order valence-electron chi connectivity index (χ0n) is 19.1. The van der Waals surface area contributed by atoms with Crippen LogP contribution in [-0.4, -0.2) is 87.0 Å². The molecule has 0 fully saturated rings. The molecule has 0 amide bonds. The summed E-state index contributed by atoms with van der Waals surface area (Å²) in [6.45, 7) is 2.77. The first-order valence-electron chi connectivity index (χ1n) is 10.2. The van der Waals surface area contributed by atoms with Gasteiger partial charge in [0.1, 0.15) is 24.6 Å². The minimum absolute atomic E-state index is 0.228. The number of phenols is 2. The van der Waals surface area contributed by atoms with E-state index < -0.39 is 0 Å². The van der Waals surface area contributed by atoms with Crippen molar-refractivity contribution in [1.82, 2.24) is 0 Å². The van der Waals surface area contributed by atoms with E-state index >= 15 is 0 Å². The summed E-state index contributed by atoms with van der Waals surface area (Å²) in [6.07, 6.45) is 3.40. The van der Waals surface area contributed by atoms with Crippen LogP contribution in [0.4, 0.5) is 0 Å². The Labute approximate surface area is 180 Å². The Hall–Kier alpha value is -2.70. The van der Waals surface area contributed by atoms with Gasteiger partial charge in [0.15, 0.2) is 0 Å². The van der Waals surface area contributed by atoms with Crippen LogP contribution in [0.3, 0.4) is 0 Å². The van der Waals surface area contributed by atoms with E-state index in [9.17, 15) is 10.2 Å². The van der Waals surface area contributed by atoms with E-state index in [2.05, 4.69) is 52.3 Å². The minimum atomic E-state index is 0.228. The molecule has 6 heteroatoms. The first kappa shape index (κ1) is 23.6. The molecule has 2 aromatic carbocycles. The first-order chi connectivity index (χ1) is 13.9. The van der Waals surface area contributed by atoms with Gasteiger partial charge in [-0.2, -0.15) is 0 Å². The molecule has 0 unspecified atom stereocenters. The molecule has 0 aliphatic rings. The maximum Gasteiger partial charge on any atom is 0.124 e. The van der Waals surface area contributed by atoms with Gasteiger partial charge in [-0.3, -0.25) is 9.98 Å². The van der Waals surface area contributed by atoms with Crippen LogP contribution in [0.25, 0.3) is 0 Å². The monoisotopic (exact) mass is 412 g/mol. The second kappa shape index (κ2) is 9.87. The third-order valence-corrected chi connectivity index (χ3v) is 4.32. The largest absolute Gasteiger partial charge is 0.507 e. The van der Waals surface area contributed by atoms with Gasteiger partial charge < -0.3 is 19.2 Å². The fourth-order valence-corrected chi connectivity index (χ4v) is 3.15. The van der Waals surface area contributed by atoms with Gasteiger partial charge in [0.2, 0.25) is 0 Å². The minimum Gasteiger partial charge on any atom is -0.507 e. The highest BCUT2D eigenvalue weighted by Gasteiger charge is 2.11. The Morgan fingerprint density at radius 1 is 0.667 bits per heavy atom. The molecule has 0 atom stereocenters. The third-order valence-electron chi connectivity index (χ3n) is 4.32. The Morgan fingerprint density at radius 2 is 1.03 bits per heavy atom. The van der Waals surface area contributed by atoms with Gasteiger partial charge in [0, 0.05) is 34.7 Å². The topological polar surface area (TPSA) is 65.2 Å². The molecule has 2 aromatic rings. The maximum absolute atomic E-state index is 10.1. The summed E-state index contributed by atoms with van der Waals surface area (Å²) in [4.78, 5) is 8.78. The Bertz CT molecular complexity index is 831. The van der Waals surface area contributed by atoms with Crippen molar-refractivity contribution < 1.29 is 19.2 Å². The number of aliphatic imine (C=N–C) groups is 2. The molecule has 2 N–H and O–H groups in total. The van der Waals surface area contributed by atoms with E-state index in [0.717, 1.165) is 44.3 Å². The molecule has 6 nitrogen and oxygen atoms in total. The normalized spacial score (nSPS) is 12.9. The summed E-state index contributed by atoms with van der Waals surface area (Å²) < 4.78 is 1.64. The van der Waals surface area contributed by atoms with Crippen molar-refractivity contribution in [2.24, 2.45) is 9.98 Å². The number of hydrogen-bond acceptors (Lipinski definition) is 4. The molecule has 30 heavy (non-hydrogen) atoms. The van der Waals surface area contributed by atoms with E-state index in [0.29, 0.717) is 13.1 Å². The van der Waals surface area contributed by atoms with Crippen molar-refractivity contribution >= 4 is 12.4 Å². The number of quaternary nitrogens is 2. The maximum atomic E-state index is 10.1. The first-order valence-corrected chi connectivity index (χ1v) is 10.2. The summed E-state index contributed by atoms with van der Waals surface area (Å²) in [5.74, 6) is 0.456. The van der Waals surface area contributed by atoms with Gasteiger partial charge in [-0.05, 0) is 36.4 Å². The summed E-state index contributed by atoms with van der Waals surface area (Å²) >= 11 is 0. The summed E-state index contributed by atoms with van der Waals surface area (Å²) in [7, 11) is 12.8. The molecule has 2 rings (SSSR count). The molecular weight excluding hydrogens is 376 g/mol. The number of rotatable bonds is 9. The number of nitrogens with zero attached hydrogens (tertiary/aromatic N) is 4. The van der Waals surface area contributed by atoms with Crippen molar-refractivity contribution in [2.75, 3.05) is 55.4 Å². The van der Waals surface area contributed by atoms with Gasteiger partial charge in [0.25, 0.3) is 0 Å². The molecule has 0 saturated carbocycles. The SMILES string of the molecule is C[N+](C)(C)Cc1ccc(O)c(C=NCCN=Cc2cc(C[N+](C)(C)C)ccc2O)c1. The van der Waals surface area contributed by atoms with Gasteiger partial charge in [-0.1, -0.05) is 0 Å². The standard InChI is InChI=1S/C24H34N4O2/c1-27(2,3)17-19-7-9-23(29)21(13-19)15-25-11-12-26-16-22-14-20(8-10-24(22)30)18-28(4,5)6/h7-10,13-16H,11-12,17-18H2,1-6H3/p+2. The zero-order chi connectivity index (χ0) is 22.4. The number of hydrogen-bond donors (Lipinski definition) is 2. The second-order valence-electron chi connectivity index (χ2n) is 9.75. The molecular formula is C24H36N4O2+2. The number of benzene rings is 2. The summed E-state index contributed by atoms with van der Waals surface area (Å²) in [5.41, 5.74) is 3.75. The lowest BCUT2D eigenvalue weighted by Gasteiger charge is -2.24. The summed E-state index contributed by atoms with van der Waals surface area (Å²) in [5, 5.41) is 20.1. The molecule has 0 spiro atoms. The second-order valence-corrected chi connectivity index (χ2v) is 9.75. The van der Waals surface area contributed by atoms with Crippen molar-refractivity contribution in [1.29, 1.82) is 0 Å². The van der Waals surface area contributed by atoms with Crippen LogP contribution in [0.2, 0.25) is 0 Å². The molecule has 0 saturated heterocycles. The lowest BCUT2D eigenvalue weighted by Crippen LogP contribution is -2.33. The van der Waals surface area contributed by atoms with E-state index in [1.54, 1.807) is 24.6 Å². The van der Waals surface area contributed by atoms with E-state index in [1.165, 1.54) is 0 Å². The average Bonchev–Trinajstić information content (AvgIpc) is 2.60. The molecule has 0 bridgehead atoms. The predicted octanol–water partition coefficient (Wildman–Crippen LogP) is 3.05. The van der Waals surface area contributed by atoms with E-state index in [4.69, 9.17) is 0 Å². The zero-order valence-corrected chi connectivity index (χ0v) is 19.1. The average molecular weight is 413 g/mol. The van der Waals surface area contributed by atoms with Crippen LogP contribution >= 0.6 is 0 Å². The molecule has 0 radical (unpaired) electrons. The fraction of sp³-hybridized carbons (Fsp3) is 0.417. The predicted molar refractivity (Wildman–Crippen MR) is 125 cm³/mol. The Morgan fingerprint density at radius 3 is 1.37 bits per heavy atom. The Balaban J connectivity index is 1.95. The van der Waals surface area contributed by atoms with Crippen LogP contribution < -0.4 is 0 Å². The van der Waals surface area contributed by atoms with E-state index in [1.807, 2.05) is 24.3 Å². The van der Waals surface area contributed by atoms with Crippen molar-refractivity contribution in [3.8, 4) is 11.5 Å². The molecule has 0 heterocycles. The molecule has 162 valence electrons. The molecule has 0 aliphatic carbocycles. The number of aromatic hydroxyl groups is 2. The van der Waals surface area contributed by atoms with Gasteiger partial charge in [-0.25, -0.2) is 0 Å². The van der Waals surface area contributed by atoms with Crippen LogP contribution in [0.15, 0.2) is 46.4 Å². The van der Waals surface area contributed by atoms with Gasteiger partial charge >= 0.3 is 0 Å². The lowest BCUT2D eigenvalue weighted by molar-refractivity contribution is -0.884. The molecule has 0 aromatic heterocycles. The number of phenolic OH excluding ortho intramolecular Hbond substituents is 2. The van der Waals surface area contributed by atoms with Gasteiger partial charge in [-0.15, -0.1) is 0 Å². The highest BCUT2D eigenvalue weighted by atomic mass is 16.3. The smallest absolute Gasteiger partial charge is 0.124 e.